The van der Waals surface area contributed by atoms with Gasteiger partial charge in [0.25, 0.3) is 11.8 Å². The standard InChI is InChI=1S/C34H22Br2N2O2S2/c35-27-19-17-21-9-1-3-11-23(21)31(27)37-33(39)25-13-5-7-15-29(25)41-42-30-16-8-6-14-26(30)34(40)38-32-24-12-4-2-10-22(24)18-20-28(32)36/h1-20H,(H,37,39)(H,38,40). The average molecular weight is 715 g/mol. The van der Waals surface area contributed by atoms with Crippen LogP contribution in [0.2, 0.25) is 0 Å². The lowest BCUT2D eigenvalue weighted by Gasteiger charge is -2.14. The summed E-state index contributed by atoms with van der Waals surface area (Å²) in [4.78, 5) is 28.7. The summed E-state index contributed by atoms with van der Waals surface area (Å²) in [6, 6.07) is 38.8. The first-order valence-electron chi connectivity index (χ1n) is 13.0. The van der Waals surface area contributed by atoms with E-state index in [0.29, 0.717) is 11.1 Å². The van der Waals surface area contributed by atoms with Gasteiger partial charge in [0.15, 0.2) is 0 Å². The second-order valence-corrected chi connectivity index (χ2v) is 13.3. The Morgan fingerprint density at radius 2 is 0.857 bits per heavy atom. The first kappa shape index (κ1) is 28.6. The molecule has 0 bridgehead atoms. The summed E-state index contributed by atoms with van der Waals surface area (Å²) in [6.45, 7) is 0. The van der Waals surface area contributed by atoms with Gasteiger partial charge in [0, 0.05) is 29.5 Å². The number of benzene rings is 6. The summed E-state index contributed by atoms with van der Waals surface area (Å²) in [5.41, 5.74) is 2.56. The second kappa shape index (κ2) is 12.8. The molecule has 4 nitrogen and oxygen atoms in total. The van der Waals surface area contributed by atoms with E-state index < -0.39 is 0 Å². The number of hydrogen-bond acceptors (Lipinski definition) is 4. The normalized spacial score (nSPS) is 11.0. The number of anilines is 2. The zero-order valence-electron chi connectivity index (χ0n) is 21.9. The highest BCUT2D eigenvalue weighted by Gasteiger charge is 2.18. The van der Waals surface area contributed by atoms with Crippen LogP contribution in [0.4, 0.5) is 11.4 Å². The Hall–Kier alpha value is -3.56. The number of amides is 2. The van der Waals surface area contributed by atoms with Gasteiger partial charge in [-0.15, -0.1) is 0 Å². The van der Waals surface area contributed by atoms with Crippen molar-refractivity contribution in [1.82, 2.24) is 0 Å². The summed E-state index contributed by atoms with van der Waals surface area (Å²) in [5.74, 6) is -0.412. The summed E-state index contributed by atoms with van der Waals surface area (Å²) in [5, 5.41) is 10.2. The maximum absolute atomic E-state index is 13.5. The van der Waals surface area contributed by atoms with Crippen molar-refractivity contribution in [1.29, 1.82) is 0 Å². The van der Waals surface area contributed by atoms with E-state index >= 15 is 0 Å². The van der Waals surface area contributed by atoms with Crippen LogP contribution in [0.25, 0.3) is 21.5 Å². The van der Waals surface area contributed by atoms with Crippen LogP contribution >= 0.6 is 53.4 Å². The molecule has 6 aromatic rings. The molecule has 6 aromatic carbocycles. The number of carbonyl (C=O) groups excluding carboxylic acids is 2. The Labute approximate surface area is 267 Å². The van der Waals surface area contributed by atoms with Crippen LogP contribution < -0.4 is 10.6 Å². The lowest BCUT2D eigenvalue weighted by Crippen LogP contribution is -2.14. The fourth-order valence-corrected chi connectivity index (χ4v) is 7.90. The molecule has 0 aliphatic heterocycles. The molecule has 6 rings (SSSR count). The van der Waals surface area contributed by atoms with Crippen LogP contribution in [-0.4, -0.2) is 11.8 Å². The highest BCUT2D eigenvalue weighted by atomic mass is 79.9. The first-order valence-corrected chi connectivity index (χ1v) is 16.7. The van der Waals surface area contributed by atoms with Crippen molar-refractivity contribution in [2.45, 2.75) is 9.79 Å². The Kier molecular flexibility index (Phi) is 8.67. The number of halogens is 2. The van der Waals surface area contributed by atoms with Crippen molar-refractivity contribution in [2.24, 2.45) is 0 Å². The molecule has 8 heteroatoms. The van der Waals surface area contributed by atoms with Crippen molar-refractivity contribution in [3.63, 3.8) is 0 Å². The molecule has 0 aromatic heterocycles. The number of nitrogens with one attached hydrogen (secondary N) is 2. The van der Waals surface area contributed by atoms with E-state index in [4.69, 9.17) is 0 Å². The Bertz CT molecular complexity index is 1840. The van der Waals surface area contributed by atoms with Gasteiger partial charge < -0.3 is 10.6 Å². The zero-order chi connectivity index (χ0) is 29.1. The highest BCUT2D eigenvalue weighted by Crippen LogP contribution is 2.41. The fraction of sp³-hybridized carbons (Fsp3) is 0. The van der Waals surface area contributed by atoms with Gasteiger partial charge in [-0.2, -0.15) is 0 Å². The molecule has 2 N–H and O–H groups in total. The topological polar surface area (TPSA) is 58.2 Å². The summed E-state index contributed by atoms with van der Waals surface area (Å²) < 4.78 is 1.62. The van der Waals surface area contributed by atoms with Gasteiger partial charge in [0.2, 0.25) is 0 Å². The molecule has 0 heterocycles. The second-order valence-electron chi connectivity index (χ2n) is 9.35. The van der Waals surface area contributed by atoms with E-state index in [2.05, 4.69) is 42.5 Å². The largest absolute Gasteiger partial charge is 0.320 e. The summed E-state index contributed by atoms with van der Waals surface area (Å²) in [6.07, 6.45) is 0. The molecule has 42 heavy (non-hydrogen) atoms. The third-order valence-corrected chi connectivity index (χ3v) is 10.5. The van der Waals surface area contributed by atoms with E-state index in [1.54, 1.807) is 0 Å². The predicted octanol–water partition coefficient (Wildman–Crippen LogP) is 10.8. The molecule has 0 fully saturated rings. The van der Waals surface area contributed by atoms with Crippen LogP contribution in [0.1, 0.15) is 20.7 Å². The Morgan fingerprint density at radius 3 is 1.31 bits per heavy atom. The Morgan fingerprint density at radius 1 is 0.476 bits per heavy atom. The number of rotatable bonds is 7. The van der Waals surface area contributed by atoms with Crippen molar-refractivity contribution >= 4 is 98.2 Å². The summed E-state index contributed by atoms with van der Waals surface area (Å²) in [7, 11) is 2.89. The lowest BCUT2D eigenvalue weighted by molar-refractivity contribution is 0.101. The molecule has 0 spiro atoms. The van der Waals surface area contributed by atoms with Gasteiger partial charge >= 0.3 is 0 Å². The van der Waals surface area contributed by atoms with Gasteiger partial charge in [-0.1, -0.05) is 107 Å². The maximum atomic E-state index is 13.5. The first-order chi connectivity index (χ1) is 20.5. The molecular weight excluding hydrogens is 692 g/mol. The van der Waals surface area contributed by atoms with Crippen LogP contribution in [0.5, 0.6) is 0 Å². The molecule has 0 saturated heterocycles. The number of fused-ring (bicyclic) bond motifs is 2. The fourth-order valence-electron chi connectivity index (χ4n) is 4.65. The minimum absolute atomic E-state index is 0.206. The quantitative estimate of drug-likeness (QED) is 0.162. The number of hydrogen-bond donors (Lipinski definition) is 2. The van der Waals surface area contributed by atoms with Crippen LogP contribution in [0.3, 0.4) is 0 Å². The minimum atomic E-state index is -0.206. The highest BCUT2D eigenvalue weighted by molar-refractivity contribution is 9.11. The van der Waals surface area contributed by atoms with Crippen molar-refractivity contribution in [3.05, 3.63) is 141 Å². The van der Waals surface area contributed by atoms with Gasteiger partial charge in [0.05, 0.1) is 22.5 Å². The lowest BCUT2D eigenvalue weighted by atomic mass is 10.1. The third kappa shape index (κ3) is 5.99. The van der Waals surface area contributed by atoms with E-state index in [0.717, 1.165) is 51.7 Å². The van der Waals surface area contributed by atoms with Gasteiger partial charge in [0.1, 0.15) is 0 Å². The van der Waals surface area contributed by atoms with Crippen molar-refractivity contribution in [3.8, 4) is 0 Å². The molecule has 0 radical (unpaired) electrons. The smallest absolute Gasteiger partial charge is 0.256 e. The van der Waals surface area contributed by atoms with E-state index in [1.165, 1.54) is 21.6 Å². The molecule has 0 aliphatic carbocycles. The third-order valence-electron chi connectivity index (χ3n) is 6.72. The van der Waals surface area contributed by atoms with Crippen molar-refractivity contribution in [2.75, 3.05) is 10.6 Å². The summed E-state index contributed by atoms with van der Waals surface area (Å²) >= 11 is 7.19. The molecule has 0 saturated carbocycles. The Balaban J connectivity index is 1.23. The average Bonchev–Trinajstić information content (AvgIpc) is 3.03. The SMILES string of the molecule is O=C(Nc1c(Br)ccc2ccccc12)c1ccccc1SSc1ccccc1C(=O)Nc1c(Br)ccc2ccccc12. The maximum Gasteiger partial charge on any atom is 0.256 e. The monoisotopic (exact) mass is 712 g/mol. The molecular formula is C34H22Br2N2O2S2. The minimum Gasteiger partial charge on any atom is -0.320 e. The molecule has 206 valence electrons. The molecule has 0 aliphatic rings. The van der Waals surface area contributed by atoms with Crippen LogP contribution in [-0.2, 0) is 0 Å². The van der Waals surface area contributed by atoms with Gasteiger partial charge in [-0.3, -0.25) is 9.59 Å². The molecule has 2 amide bonds. The van der Waals surface area contributed by atoms with Crippen LogP contribution in [0.15, 0.2) is 140 Å². The predicted molar refractivity (Wildman–Crippen MR) is 184 cm³/mol. The number of carbonyl (C=O) groups is 2. The van der Waals surface area contributed by atoms with E-state index in [9.17, 15) is 9.59 Å². The van der Waals surface area contributed by atoms with Gasteiger partial charge in [-0.05, 0) is 79.0 Å². The zero-order valence-corrected chi connectivity index (χ0v) is 26.7. The van der Waals surface area contributed by atoms with E-state index in [1.807, 2.05) is 121 Å². The molecule has 0 atom stereocenters. The van der Waals surface area contributed by atoms with Gasteiger partial charge in [-0.25, -0.2) is 0 Å². The molecule has 0 unspecified atom stereocenters. The van der Waals surface area contributed by atoms with Crippen molar-refractivity contribution < 1.29 is 9.59 Å². The van der Waals surface area contributed by atoms with Crippen LogP contribution in [0, 0.1) is 0 Å². The van der Waals surface area contributed by atoms with E-state index in [-0.39, 0.29) is 11.8 Å².